The van der Waals surface area contributed by atoms with E-state index in [9.17, 15) is 8.42 Å². The van der Waals surface area contributed by atoms with E-state index in [0.717, 1.165) is 0 Å². The van der Waals surface area contributed by atoms with Gasteiger partial charge in [0.25, 0.3) is 10.2 Å². The predicted octanol–water partition coefficient (Wildman–Crippen LogP) is 0.403. The Hall–Kier alpha value is -0.660. The molecule has 0 atom stereocenters. The van der Waals surface area contributed by atoms with Gasteiger partial charge < -0.3 is 5.21 Å². The van der Waals surface area contributed by atoms with Crippen LogP contribution in [0.25, 0.3) is 0 Å². The molecule has 94 valence electrons. The van der Waals surface area contributed by atoms with Crippen molar-refractivity contribution in [2.75, 3.05) is 19.6 Å². The number of oxime groups is 1. The molecule has 16 heavy (non-hydrogen) atoms. The van der Waals surface area contributed by atoms with Gasteiger partial charge in [0.1, 0.15) is 0 Å². The molecule has 1 saturated heterocycles. The van der Waals surface area contributed by atoms with Crippen LogP contribution in [0.3, 0.4) is 0 Å². The zero-order chi connectivity index (χ0) is 12.2. The molecule has 0 spiro atoms. The summed E-state index contributed by atoms with van der Waals surface area (Å²) in [5.41, 5.74) is 0.662. The van der Waals surface area contributed by atoms with Gasteiger partial charge in [-0.2, -0.15) is 12.7 Å². The van der Waals surface area contributed by atoms with Gasteiger partial charge >= 0.3 is 0 Å². The third-order valence-corrected chi connectivity index (χ3v) is 4.03. The maximum absolute atomic E-state index is 11.8. The maximum atomic E-state index is 11.8. The van der Waals surface area contributed by atoms with Crippen molar-refractivity contribution in [3.8, 4) is 0 Å². The van der Waals surface area contributed by atoms with Crippen molar-refractivity contribution in [1.29, 1.82) is 0 Å². The normalized spacial score (nSPS) is 19.1. The zero-order valence-corrected chi connectivity index (χ0v) is 10.5. The Labute approximate surface area is 96.5 Å². The van der Waals surface area contributed by atoms with Crippen molar-refractivity contribution in [1.82, 2.24) is 9.03 Å². The Bertz CT molecular complexity index is 341. The van der Waals surface area contributed by atoms with Crippen LogP contribution >= 0.6 is 0 Å². The van der Waals surface area contributed by atoms with E-state index >= 15 is 0 Å². The standard InChI is InChI=1S/C9H19N3O3S/c1-8(2)7-10-16(14,15)12-5-3-9(11-13)4-6-12/h8,10,13H,3-7H2,1-2H3. The Balaban J connectivity index is 2.51. The lowest BCUT2D eigenvalue weighted by molar-refractivity contribution is 0.309. The molecule has 1 fully saturated rings. The molecule has 0 aromatic carbocycles. The summed E-state index contributed by atoms with van der Waals surface area (Å²) in [7, 11) is -3.36. The van der Waals surface area contributed by atoms with Gasteiger partial charge in [-0.1, -0.05) is 19.0 Å². The second-order valence-corrected chi connectivity index (χ2v) is 6.07. The minimum atomic E-state index is -3.36. The predicted molar refractivity (Wildman–Crippen MR) is 61.8 cm³/mol. The van der Waals surface area contributed by atoms with E-state index in [1.54, 1.807) is 0 Å². The second kappa shape index (κ2) is 5.60. The molecule has 1 heterocycles. The highest BCUT2D eigenvalue weighted by atomic mass is 32.2. The van der Waals surface area contributed by atoms with Crippen LogP contribution in [0.15, 0.2) is 5.16 Å². The quantitative estimate of drug-likeness (QED) is 0.559. The molecule has 1 aliphatic rings. The molecule has 0 aromatic rings. The summed E-state index contributed by atoms with van der Waals surface area (Å²) in [6, 6.07) is 0. The highest BCUT2D eigenvalue weighted by Crippen LogP contribution is 2.10. The molecule has 0 bridgehead atoms. The first kappa shape index (κ1) is 13.4. The SMILES string of the molecule is CC(C)CNS(=O)(=O)N1CCC(=NO)CC1. The fourth-order valence-corrected chi connectivity index (χ4v) is 2.84. The summed E-state index contributed by atoms with van der Waals surface area (Å²) in [6.07, 6.45) is 0.998. The van der Waals surface area contributed by atoms with Crippen molar-refractivity contribution >= 4 is 15.9 Å². The number of nitrogens with one attached hydrogen (secondary N) is 1. The molecule has 1 rings (SSSR count). The van der Waals surface area contributed by atoms with E-state index in [2.05, 4.69) is 9.88 Å². The highest BCUT2D eigenvalue weighted by molar-refractivity contribution is 7.87. The van der Waals surface area contributed by atoms with Gasteiger partial charge in [0.05, 0.1) is 5.71 Å². The van der Waals surface area contributed by atoms with Crippen molar-refractivity contribution < 1.29 is 13.6 Å². The summed E-state index contributed by atoms with van der Waals surface area (Å²) < 4.78 is 27.5. The van der Waals surface area contributed by atoms with Crippen LogP contribution in [-0.2, 0) is 10.2 Å². The Kier molecular flexibility index (Phi) is 4.69. The maximum Gasteiger partial charge on any atom is 0.279 e. The highest BCUT2D eigenvalue weighted by Gasteiger charge is 2.25. The van der Waals surface area contributed by atoms with Crippen LogP contribution in [0.1, 0.15) is 26.7 Å². The molecule has 6 nitrogen and oxygen atoms in total. The molecule has 0 aliphatic carbocycles. The zero-order valence-electron chi connectivity index (χ0n) is 9.68. The minimum Gasteiger partial charge on any atom is -0.411 e. The number of piperidine rings is 1. The first-order valence-electron chi connectivity index (χ1n) is 5.40. The van der Waals surface area contributed by atoms with Gasteiger partial charge in [-0.25, -0.2) is 4.72 Å². The van der Waals surface area contributed by atoms with E-state index in [1.165, 1.54) is 4.31 Å². The van der Waals surface area contributed by atoms with Crippen molar-refractivity contribution in [3.63, 3.8) is 0 Å². The van der Waals surface area contributed by atoms with Crippen molar-refractivity contribution in [2.45, 2.75) is 26.7 Å². The molecule has 0 aromatic heterocycles. The van der Waals surface area contributed by atoms with Crippen LogP contribution in [0.2, 0.25) is 0 Å². The Morgan fingerprint density at radius 1 is 1.44 bits per heavy atom. The first-order valence-corrected chi connectivity index (χ1v) is 6.84. The third kappa shape index (κ3) is 3.73. The Morgan fingerprint density at radius 2 is 2.00 bits per heavy atom. The third-order valence-electron chi connectivity index (χ3n) is 2.45. The van der Waals surface area contributed by atoms with E-state index in [1.807, 2.05) is 13.8 Å². The molecule has 0 radical (unpaired) electrons. The monoisotopic (exact) mass is 249 g/mol. The van der Waals surface area contributed by atoms with Crippen molar-refractivity contribution in [2.24, 2.45) is 11.1 Å². The van der Waals surface area contributed by atoms with Gasteiger partial charge in [-0.15, -0.1) is 0 Å². The van der Waals surface area contributed by atoms with Gasteiger partial charge in [0, 0.05) is 32.5 Å². The van der Waals surface area contributed by atoms with Crippen LogP contribution in [-0.4, -0.2) is 43.3 Å². The topological polar surface area (TPSA) is 82.0 Å². The Morgan fingerprint density at radius 3 is 2.44 bits per heavy atom. The van der Waals surface area contributed by atoms with E-state index < -0.39 is 10.2 Å². The largest absolute Gasteiger partial charge is 0.411 e. The van der Waals surface area contributed by atoms with Gasteiger partial charge in [0.2, 0.25) is 0 Å². The molecular formula is C9H19N3O3S. The van der Waals surface area contributed by atoms with Gasteiger partial charge in [-0.05, 0) is 5.92 Å². The minimum absolute atomic E-state index is 0.286. The molecule has 7 heteroatoms. The second-order valence-electron chi connectivity index (χ2n) is 4.31. The van der Waals surface area contributed by atoms with Crippen LogP contribution < -0.4 is 4.72 Å². The summed E-state index contributed by atoms with van der Waals surface area (Å²) >= 11 is 0. The molecule has 0 unspecified atom stereocenters. The van der Waals surface area contributed by atoms with Crippen LogP contribution in [0.4, 0.5) is 0 Å². The number of nitrogens with zero attached hydrogens (tertiary/aromatic N) is 2. The molecule has 0 amide bonds. The van der Waals surface area contributed by atoms with Crippen molar-refractivity contribution in [3.05, 3.63) is 0 Å². The molecule has 1 aliphatic heterocycles. The molecule has 0 saturated carbocycles. The first-order chi connectivity index (χ1) is 7.45. The van der Waals surface area contributed by atoms with Crippen LogP contribution in [0, 0.1) is 5.92 Å². The lowest BCUT2D eigenvalue weighted by atomic mass is 10.1. The average Bonchev–Trinajstić information content (AvgIpc) is 2.27. The fourth-order valence-electron chi connectivity index (χ4n) is 1.45. The van der Waals surface area contributed by atoms with E-state index in [-0.39, 0.29) is 5.92 Å². The molecule has 2 N–H and O–H groups in total. The lowest BCUT2D eigenvalue weighted by Gasteiger charge is -2.26. The summed E-state index contributed by atoms with van der Waals surface area (Å²) in [6.45, 7) is 5.11. The van der Waals surface area contributed by atoms with Crippen LogP contribution in [0.5, 0.6) is 0 Å². The average molecular weight is 249 g/mol. The van der Waals surface area contributed by atoms with E-state index in [0.29, 0.717) is 38.2 Å². The lowest BCUT2D eigenvalue weighted by Crippen LogP contribution is -2.46. The van der Waals surface area contributed by atoms with Gasteiger partial charge in [-0.3, -0.25) is 0 Å². The summed E-state index contributed by atoms with van der Waals surface area (Å²) in [5, 5.41) is 11.7. The molecular weight excluding hydrogens is 230 g/mol. The van der Waals surface area contributed by atoms with E-state index in [4.69, 9.17) is 5.21 Å². The number of rotatable bonds is 4. The summed E-state index contributed by atoms with van der Waals surface area (Å²) in [5.74, 6) is 0.286. The number of hydrogen-bond acceptors (Lipinski definition) is 4. The number of hydrogen-bond donors (Lipinski definition) is 2. The fraction of sp³-hybridized carbons (Fsp3) is 0.889. The van der Waals surface area contributed by atoms with Gasteiger partial charge in [0.15, 0.2) is 0 Å². The summed E-state index contributed by atoms with van der Waals surface area (Å²) in [4.78, 5) is 0. The smallest absolute Gasteiger partial charge is 0.279 e.